The van der Waals surface area contributed by atoms with Crippen molar-refractivity contribution >= 4 is 0 Å². The van der Waals surface area contributed by atoms with E-state index in [1.807, 2.05) is 0 Å². The average molecular weight is 141 g/mol. The van der Waals surface area contributed by atoms with Gasteiger partial charge in [-0.25, -0.2) is 0 Å². The van der Waals surface area contributed by atoms with Crippen LogP contribution in [0.2, 0.25) is 0 Å². The van der Waals surface area contributed by atoms with Crippen LogP contribution in [0, 0.1) is 11.8 Å². The zero-order valence-electron chi connectivity index (χ0n) is 7.14. The zero-order chi connectivity index (χ0) is 7.56. The Bertz CT molecular complexity index is 88.9. The Hall–Kier alpha value is -0.0400. The van der Waals surface area contributed by atoms with Crippen molar-refractivity contribution in [2.45, 2.75) is 45.6 Å². The maximum absolute atomic E-state index is 5.92. The van der Waals surface area contributed by atoms with Gasteiger partial charge >= 0.3 is 0 Å². The first-order valence-corrected chi connectivity index (χ1v) is 4.44. The second kappa shape index (κ2) is 3.38. The van der Waals surface area contributed by atoms with Gasteiger partial charge in [0, 0.05) is 6.04 Å². The average Bonchev–Trinajstić information content (AvgIpc) is 1.93. The van der Waals surface area contributed by atoms with Gasteiger partial charge in [-0.2, -0.15) is 0 Å². The minimum absolute atomic E-state index is 0.479. The van der Waals surface area contributed by atoms with Crippen molar-refractivity contribution in [1.29, 1.82) is 0 Å². The molecule has 0 unspecified atom stereocenters. The maximum atomic E-state index is 5.92. The maximum Gasteiger partial charge on any atom is 0.00439 e. The SMILES string of the molecule is C[C@@H]1CC[C@H](C)C[C@H](N)C1. The lowest BCUT2D eigenvalue weighted by Crippen LogP contribution is -2.22. The summed E-state index contributed by atoms with van der Waals surface area (Å²) in [6.07, 6.45) is 5.25. The van der Waals surface area contributed by atoms with Crippen LogP contribution in [0.4, 0.5) is 0 Å². The lowest BCUT2D eigenvalue weighted by atomic mass is 10.0. The van der Waals surface area contributed by atoms with E-state index in [1.54, 1.807) is 0 Å². The molecule has 0 aliphatic heterocycles. The molecule has 0 aromatic rings. The molecule has 0 aromatic carbocycles. The Morgan fingerprint density at radius 2 is 1.40 bits per heavy atom. The molecular formula is C9H19N. The van der Waals surface area contributed by atoms with E-state index >= 15 is 0 Å². The Morgan fingerprint density at radius 1 is 1.00 bits per heavy atom. The lowest BCUT2D eigenvalue weighted by Gasteiger charge is -2.11. The predicted octanol–water partition coefficient (Wildman–Crippen LogP) is 2.16. The van der Waals surface area contributed by atoms with Crippen molar-refractivity contribution in [3.8, 4) is 0 Å². The molecule has 60 valence electrons. The highest BCUT2D eigenvalue weighted by Crippen LogP contribution is 2.25. The summed E-state index contributed by atoms with van der Waals surface area (Å²) in [4.78, 5) is 0. The van der Waals surface area contributed by atoms with Crippen molar-refractivity contribution < 1.29 is 0 Å². The van der Waals surface area contributed by atoms with E-state index in [9.17, 15) is 0 Å². The molecule has 1 aliphatic carbocycles. The molecule has 1 aliphatic rings. The largest absolute Gasteiger partial charge is 0.328 e. The molecule has 2 N–H and O–H groups in total. The predicted molar refractivity (Wildman–Crippen MR) is 44.8 cm³/mol. The summed E-state index contributed by atoms with van der Waals surface area (Å²) >= 11 is 0. The Kier molecular flexibility index (Phi) is 2.72. The second-order valence-electron chi connectivity index (χ2n) is 4.02. The van der Waals surface area contributed by atoms with Crippen LogP contribution >= 0.6 is 0 Å². The van der Waals surface area contributed by atoms with E-state index in [1.165, 1.54) is 25.7 Å². The molecule has 3 atom stereocenters. The standard InChI is InChI=1S/C9H19N/c1-7-3-4-8(2)6-9(10)5-7/h7-9H,3-6,10H2,1-2H3/t7-,8+,9-. The topological polar surface area (TPSA) is 26.0 Å². The molecule has 0 heterocycles. The van der Waals surface area contributed by atoms with Crippen LogP contribution in [-0.4, -0.2) is 6.04 Å². The van der Waals surface area contributed by atoms with Gasteiger partial charge in [0.1, 0.15) is 0 Å². The molecule has 0 radical (unpaired) electrons. The van der Waals surface area contributed by atoms with Gasteiger partial charge in [-0.05, 0) is 24.7 Å². The zero-order valence-corrected chi connectivity index (χ0v) is 7.14. The Labute approximate surface area is 64.0 Å². The Morgan fingerprint density at radius 3 is 1.80 bits per heavy atom. The van der Waals surface area contributed by atoms with Gasteiger partial charge in [-0.3, -0.25) is 0 Å². The number of hydrogen-bond donors (Lipinski definition) is 1. The second-order valence-corrected chi connectivity index (χ2v) is 4.02. The van der Waals surface area contributed by atoms with E-state index in [4.69, 9.17) is 5.73 Å². The van der Waals surface area contributed by atoms with Crippen LogP contribution in [-0.2, 0) is 0 Å². The fourth-order valence-corrected chi connectivity index (χ4v) is 1.93. The first-order valence-electron chi connectivity index (χ1n) is 4.44. The van der Waals surface area contributed by atoms with Crippen LogP contribution in [0.15, 0.2) is 0 Å². The van der Waals surface area contributed by atoms with Crippen LogP contribution in [0.1, 0.15) is 39.5 Å². The third kappa shape index (κ3) is 2.30. The smallest absolute Gasteiger partial charge is 0.00439 e. The molecule has 1 nitrogen and oxygen atoms in total. The minimum atomic E-state index is 0.479. The molecule has 0 saturated heterocycles. The van der Waals surface area contributed by atoms with Crippen molar-refractivity contribution in [1.82, 2.24) is 0 Å². The lowest BCUT2D eigenvalue weighted by molar-refractivity contribution is 0.465. The third-order valence-corrected chi connectivity index (χ3v) is 2.56. The quantitative estimate of drug-likeness (QED) is 0.514. The van der Waals surface area contributed by atoms with Gasteiger partial charge in [-0.1, -0.05) is 26.7 Å². The first-order chi connectivity index (χ1) is 4.68. The Balaban J connectivity index is 2.38. The van der Waals surface area contributed by atoms with Gasteiger partial charge in [0.2, 0.25) is 0 Å². The highest BCUT2D eigenvalue weighted by atomic mass is 14.6. The van der Waals surface area contributed by atoms with Crippen molar-refractivity contribution in [3.05, 3.63) is 0 Å². The van der Waals surface area contributed by atoms with Crippen molar-refractivity contribution in [3.63, 3.8) is 0 Å². The molecule has 0 spiro atoms. The summed E-state index contributed by atoms with van der Waals surface area (Å²) in [5, 5.41) is 0. The molecular weight excluding hydrogens is 122 g/mol. The summed E-state index contributed by atoms with van der Waals surface area (Å²) in [6, 6.07) is 0.479. The molecule has 0 bridgehead atoms. The fourth-order valence-electron chi connectivity index (χ4n) is 1.93. The van der Waals surface area contributed by atoms with E-state index in [0.717, 1.165) is 11.8 Å². The van der Waals surface area contributed by atoms with Gasteiger partial charge in [0.05, 0.1) is 0 Å². The van der Waals surface area contributed by atoms with Crippen LogP contribution in [0.25, 0.3) is 0 Å². The molecule has 1 rings (SSSR count). The molecule has 1 heteroatoms. The number of rotatable bonds is 0. The van der Waals surface area contributed by atoms with Crippen LogP contribution in [0.3, 0.4) is 0 Å². The van der Waals surface area contributed by atoms with Crippen LogP contribution in [0.5, 0.6) is 0 Å². The molecule has 10 heavy (non-hydrogen) atoms. The fraction of sp³-hybridized carbons (Fsp3) is 1.00. The summed E-state index contributed by atoms with van der Waals surface area (Å²) in [5.74, 6) is 1.72. The highest BCUT2D eigenvalue weighted by molar-refractivity contribution is 4.73. The van der Waals surface area contributed by atoms with E-state index < -0.39 is 0 Å². The number of hydrogen-bond acceptors (Lipinski definition) is 1. The van der Waals surface area contributed by atoms with E-state index in [0.29, 0.717) is 6.04 Å². The van der Waals surface area contributed by atoms with E-state index in [-0.39, 0.29) is 0 Å². The van der Waals surface area contributed by atoms with Gasteiger partial charge in [-0.15, -0.1) is 0 Å². The molecule has 1 fully saturated rings. The normalized spacial score (nSPS) is 42.9. The van der Waals surface area contributed by atoms with Gasteiger partial charge < -0.3 is 5.73 Å². The minimum Gasteiger partial charge on any atom is -0.328 e. The van der Waals surface area contributed by atoms with E-state index in [2.05, 4.69) is 13.8 Å². The molecule has 0 amide bonds. The van der Waals surface area contributed by atoms with Crippen molar-refractivity contribution in [2.75, 3.05) is 0 Å². The highest BCUT2D eigenvalue weighted by Gasteiger charge is 2.17. The third-order valence-electron chi connectivity index (χ3n) is 2.56. The number of nitrogens with two attached hydrogens (primary N) is 1. The first kappa shape index (κ1) is 8.06. The molecule has 0 aromatic heterocycles. The van der Waals surface area contributed by atoms with Gasteiger partial charge in [0.25, 0.3) is 0 Å². The summed E-state index contributed by atoms with van der Waals surface area (Å²) in [7, 11) is 0. The van der Waals surface area contributed by atoms with Crippen LogP contribution < -0.4 is 5.73 Å². The monoisotopic (exact) mass is 141 g/mol. The van der Waals surface area contributed by atoms with Crippen molar-refractivity contribution in [2.24, 2.45) is 17.6 Å². The summed E-state index contributed by atoms with van der Waals surface area (Å²) < 4.78 is 0. The summed E-state index contributed by atoms with van der Waals surface area (Å²) in [5.41, 5.74) is 5.92. The molecule has 1 saturated carbocycles. The van der Waals surface area contributed by atoms with Gasteiger partial charge in [0.15, 0.2) is 0 Å². The summed E-state index contributed by atoms with van der Waals surface area (Å²) in [6.45, 7) is 4.63.